The Balaban J connectivity index is 1.64. The van der Waals surface area contributed by atoms with E-state index in [2.05, 4.69) is 15.3 Å². The smallest absolute Gasteiger partial charge is 0.272 e. The maximum absolute atomic E-state index is 12.0. The van der Waals surface area contributed by atoms with E-state index >= 15 is 0 Å². The molecule has 3 N–H and O–H groups in total. The molecular formula is C22H15N5O2. The third-order valence-electron chi connectivity index (χ3n) is 4.90. The van der Waals surface area contributed by atoms with E-state index in [0.717, 1.165) is 22.2 Å². The highest BCUT2D eigenvalue weighted by Crippen LogP contribution is 2.27. The molecule has 0 aliphatic carbocycles. The molecule has 0 aliphatic heterocycles. The molecule has 5 rings (SSSR count). The molecule has 7 nitrogen and oxygen atoms in total. The number of nitrogens with one attached hydrogen (secondary N) is 1. The van der Waals surface area contributed by atoms with E-state index in [1.54, 1.807) is 10.7 Å². The number of rotatable bonds is 3. The molecule has 1 amide bonds. The van der Waals surface area contributed by atoms with Crippen LogP contribution >= 0.6 is 0 Å². The Bertz CT molecular complexity index is 1450. The van der Waals surface area contributed by atoms with Gasteiger partial charge in [0.25, 0.3) is 11.5 Å². The van der Waals surface area contributed by atoms with E-state index in [-0.39, 0.29) is 11.3 Å². The van der Waals surface area contributed by atoms with Crippen molar-refractivity contribution in [1.29, 1.82) is 0 Å². The standard InChI is InChI=1S/C22H15N5O2/c23-21(28)20-17-7-3-4-8-18(17)27(26-20)14-11-9-13(10-12-14)19-15-5-1-2-6-16(15)22(29)25-24-19/h1-12H,(H2,23,28)(H,25,29). The van der Waals surface area contributed by atoms with Crippen molar-refractivity contribution in [3.8, 4) is 16.9 Å². The number of carbonyl (C=O) groups excluding carboxylic acids is 1. The van der Waals surface area contributed by atoms with Crippen molar-refractivity contribution in [1.82, 2.24) is 20.0 Å². The summed E-state index contributed by atoms with van der Waals surface area (Å²) in [5.41, 5.74) is 8.62. The summed E-state index contributed by atoms with van der Waals surface area (Å²) in [7, 11) is 0. The molecule has 29 heavy (non-hydrogen) atoms. The van der Waals surface area contributed by atoms with Gasteiger partial charge in [0.2, 0.25) is 0 Å². The highest BCUT2D eigenvalue weighted by molar-refractivity contribution is 6.04. The number of fused-ring (bicyclic) bond motifs is 2. The fraction of sp³-hybridized carbons (Fsp3) is 0. The van der Waals surface area contributed by atoms with E-state index in [4.69, 9.17) is 5.73 Å². The number of aromatic amines is 1. The van der Waals surface area contributed by atoms with Gasteiger partial charge in [0.05, 0.1) is 22.3 Å². The second kappa shape index (κ2) is 6.42. The normalized spacial score (nSPS) is 11.2. The molecule has 0 radical (unpaired) electrons. The maximum Gasteiger partial charge on any atom is 0.272 e. The van der Waals surface area contributed by atoms with E-state index in [1.807, 2.05) is 66.7 Å². The average Bonchev–Trinajstić information content (AvgIpc) is 3.15. The van der Waals surface area contributed by atoms with Crippen LogP contribution < -0.4 is 11.3 Å². The predicted molar refractivity (Wildman–Crippen MR) is 111 cm³/mol. The Kier molecular flexibility index (Phi) is 3.74. The van der Waals surface area contributed by atoms with Gasteiger partial charge in [-0.15, -0.1) is 0 Å². The summed E-state index contributed by atoms with van der Waals surface area (Å²) in [5.74, 6) is -0.569. The van der Waals surface area contributed by atoms with Crippen LogP contribution in [0.25, 0.3) is 38.6 Å². The van der Waals surface area contributed by atoms with E-state index in [0.29, 0.717) is 16.5 Å². The van der Waals surface area contributed by atoms with Crippen LogP contribution in [0.2, 0.25) is 0 Å². The third kappa shape index (κ3) is 2.68. The lowest BCUT2D eigenvalue weighted by atomic mass is 10.0. The lowest BCUT2D eigenvalue weighted by Gasteiger charge is -2.07. The van der Waals surface area contributed by atoms with Crippen LogP contribution in [-0.2, 0) is 0 Å². The average molecular weight is 381 g/mol. The first-order valence-electron chi connectivity index (χ1n) is 8.99. The number of carbonyl (C=O) groups is 1. The minimum Gasteiger partial charge on any atom is -0.364 e. The summed E-state index contributed by atoms with van der Waals surface area (Å²) in [5, 5.41) is 13.3. The van der Waals surface area contributed by atoms with Crippen LogP contribution in [0.15, 0.2) is 77.6 Å². The second-order valence-electron chi connectivity index (χ2n) is 6.64. The Morgan fingerprint density at radius 2 is 1.52 bits per heavy atom. The monoisotopic (exact) mass is 381 g/mol. The molecule has 2 aromatic heterocycles. The van der Waals surface area contributed by atoms with Gasteiger partial charge in [-0.25, -0.2) is 9.78 Å². The SMILES string of the molecule is NC(=O)c1nn(-c2ccc(-c3n[nH]c(=O)c4ccccc34)cc2)c2ccccc12. The van der Waals surface area contributed by atoms with Gasteiger partial charge < -0.3 is 5.73 Å². The first-order chi connectivity index (χ1) is 14.1. The first kappa shape index (κ1) is 16.9. The van der Waals surface area contributed by atoms with Crippen LogP contribution in [0.1, 0.15) is 10.5 Å². The fourth-order valence-electron chi connectivity index (χ4n) is 3.54. The summed E-state index contributed by atoms with van der Waals surface area (Å²) in [6, 6.07) is 22.4. The van der Waals surface area contributed by atoms with E-state index in [9.17, 15) is 9.59 Å². The molecular weight excluding hydrogens is 366 g/mol. The Hall–Kier alpha value is -4.26. The van der Waals surface area contributed by atoms with Crippen LogP contribution in [0, 0.1) is 0 Å². The van der Waals surface area contributed by atoms with Crippen molar-refractivity contribution in [3.63, 3.8) is 0 Å². The number of amides is 1. The van der Waals surface area contributed by atoms with Crippen molar-refractivity contribution in [2.75, 3.05) is 0 Å². The van der Waals surface area contributed by atoms with Gasteiger partial charge in [-0.1, -0.05) is 48.5 Å². The largest absolute Gasteiger partial charge is 0.364 e. The number of H-pyrrole nitrogens is 1. The predicted octanol–water partition coefficient (Wildman–Crippen LogP) is 3.03. The molecule has 0 saturated carbocycles. The molecule has 5 aromatic rings. The Labute approximate surface area is 164 Å². The molecule has 0 fully saturated rings. The van der Waals surface area contributed by atoms with Crippen molar-refractivity contribution in [2.45, 2.75) is 0 Å². The summed E-state index contributed by atoms with van der Waals surface area (Å²) in [6.45, 7) is 0. The summed E-state index contributed by atoms with van der Waals surface area (Å²) < 4.78 is 1.69. The zero-order valence-electron chi connectivity index (χ0n) is 15.2. The Morgan fingerprint density at radius 1 is 0.862 bits per heavy atom. The van der Waals surface area contributed by atoms with Crippen LogP contribution in [-0.4, -0.2) is 25.9 Å². The van der Waals surface area contributed by atoms with Crippen LogP contribution in [0.4, 0.5) is 0 Å². The minimum absolute atomic E-state index is 0.219. The zero-order chi connectivity index (χ0) is 20.0. The van der Waals surface area contributed by atoms with Crippen molar-refractivity contribution in [3.05, 3.63) is 88.8 Å². The number of nitrogens with zero attached hydrogens (tertiary/aromatic N) is 3. The summed E-state index contributed by atoms with van der Waals surface area (Å²) in [6.07, 6.45) is 0. The van der Waals surface area contributed by atoms with E-state index < -0.39 is 5.91 Å². The first-order valence-corrected chi connectivity index (χ1v) is 8.99. The zero-order valence-corrected chi connectivity index (χ0v) is 15.2. The molecule has 0 bridgehead atoms. The molecule has 3 aromatic carbocycles. The molecule has 0 spiro atoms. The molecule has 2 heterocycles. The highest BCUT2D eigenvalue weighted by atomic mass is 16.1. The number of nitrogens with two attached hydrogens (primary N) is 1. The fourth-order valence-corrected chi connectivity index (χ4v) is 3.54. The second-order valence-corrected chi connectivity index (χ2v) is 6.64. The molecule has 140 valence electrons. The van der Waals surface area contributed by atoms with Gasteiger partial charge in [-0.2, -0.15) is 10.2 Å². The van der Waals surface area contributed by atoms with Gasteiger partial charge in [0.1, 0.15) is 0 Å². The highest BCUT2D eigenvalue weighted by Gasteiger charge is 2.15. The van der Waals surface area contributed by atoms with Gasteiger partial charge >= 0.3 is 0 Å². The number of aromatic nitrogens is 4. The van der Waals surface area contributed by atoms with Gasteiger partial charge in [0, 0.05) is 16.3 Å². The number of benzene rings is 3. The van der Waals surface area contributed by atoms with Gasteiger partial charge in [-0.3, -0.25) is 9.59 Å². The quantitative estimate of drug-likeness (QED) is 0.501. The molecule has 0 saturated heterocycles. The topological polar surface area (TPSA) is 107 Å². The lowest BCUT2D eigenvalue weighted by molar-refractivity contribution is 0.0996. The van der Waals surface area contributed by atoms with Crippen molar-refractivity contribution in [2.24, 2.45) is 5.73 Å². The van der Waals surface area contributed by atoms with Gasteiger partial charge in [0.15, 0.2) is 5.69 Å². The molecule has 0 aliphatic rings. The van der Waals surface area contributed by atoms with Crippen molar-refractivity contribution < 1.29 is 4.79 Å². The summed E-state index contributed by atoms with van der Waals surface area (Å²) >= 11 is 0. The number of para-hydroxylation sites is 1. The number of hydrogen-bond acceptors (Lipinski definition) is 4. The van der Waals surface area contributed by atoms with Gasteiger partial charge in [-0.05, 0) is 24.3 Å². The number of hydrogen-bond donors (Lipinski definition) is 2. The minimum atomic E-state index is -0.569. The van der Waals surface area contributed by atoms with Crippen molar-refractivity contribution >= 4 is 27.6 Å². The summed E-state index contributed by atoms with van der Waals surface area (Å²) in [4.78, 5) is 23.8. The van der Waals surface area contributed by atoms with E-state index in [1.165, 1.54) is 0 Å². The maximum atomic E-state index is 12.0. The molecule has 0 atom stereocenters. The number of primary amides is 1. The Morgan fingerprint density at radius 3 is 2.24 bits per heavy atom. The van der Waals surface area contributed by atoms with Crippen LogP contribution in [0.3, 0.4) is 0 Å². The lowest BCUT2D eigenvalue weighted by Crippen LogP contribution is -2.12. The third-order valence-corrected chi connectivity index (χ3v) is 4.90. The van der Waals surface area contributed by atoms with Crippen LogP contribution in [0.5, 0.6) is 0 Å². The molecule has 0 unspecified atom stereocenters. The molecule has 7 heteroatoms.